The summed E-state index contributed by atoms with van der Waals surface area (Å²) in [6, 6.07) is 1.92. The van der Waals surface area contributed by atoms with Crippen LogP contribution >= 0.6 is 0 Å². The van der Waals surface area contributed by atoms with E-state index in [4.69, 9.17) is 0 Å². The molecule has 1 aromatic heterocycles. The minimum absolute atomic E-state index is 0.750. The summed E-state index contributed by atoms with van der Waals surface area (Å²) in [5, 5.41) is 3.36. The molecule has 0 aliphatic carbocycles. The van der Waals surface area contributed by atoms with Gasteiger partial charge in [-0.15, -0.1) is 0 Å². The first kappa shape index (κ1) is 13.1. The van der Waals surface area contributed by atoms with Crippen molar-refractivity contribution in [2.75, 3.05) is 50.5 Å². The van der Waals surface area contributed by atoms with Crippen LogP contribution in [-0.4, -0.2) is 55.1 Å². The summed E-state index contributed by atoms with van der Waals surface area (Å²) in [5.41, 5.74) is 0. The molecule has 100 valence electrons. The minimum Gasteiger partial charge on any atom is -0.370 e. The maximum Gasteiger partial charge on any atom is 0.226 e. The molecule has 1 aromatic rings. The standard InChI is InChI=1S/C13H23N5/c1-17(2)13-15-8-6-12(16-13)14-7-5-11-18-9-3-4-10-18/h6,8H,3-5,7,9-11H2,1-2H3,(H,14,15,16). The first-order valence-corrected chi connectivity index (χ1v) is 6.72. The maximum absolute atomic E-state index is 4.43. The number of anilines is 2. The van der Waals surface area contributed by atoms with E-state index in [2.05, 4.69) is 20.2 Å². The quantitative estimate of drug-likeness (QED) is 0.773. The number of nitrogens with zero attached hydrogens (tertiary/aromatic N) is 4. The topological polar surface area (TPSA) is 44.3 Å². The molecule has 5 nitrogen and oxygen atoms in total. The van der Waals surface area contributed by atoms with Gasteiger partial charge in [0.1, 0.15) is 5.82 Å². The van der Waals surface area contributed by atoms with Gasteiger partial charge in [0.25, 0.3) is 0 Å². The summed E-state index contributed by atoms with van der Waals surface area (Å²) < 4.78 is 0. The van der Waals surface area contributed by atoms with Gasteiger partial charge in [-0.05, 0) is 45.0 Å². The van der Waals surface area contributed by atoms with Crippen LogP contribution in [0, 0.1) is 0 Å². The summed E-state index contributed by atoms with van der Waals surface area (Å²) in [5.74, 6) is 1.66. The molecule has 1 aliphatic rings. The molecular weight excluding hydrogens is 226 g/mol. The third-order valence-corrected chi connectivity index (χ3v) is 3.20. The van der Waals surface area contributed by atoms with Crippen molar-refractivity contribution in [3.63, 3.8) is 0 Å². The molecule has 2 heterocycles. The van der Waals surface area contributed by atoms with Gasteiger partial charge in [-0.25, -0.2) is 4.98 Å². The number of aromatic nitrogens is 2. The van der Waals surface area contributed by atoms with E-state index in [0.29, 0.717) is 0 Å². The molecule has 0 atom stereocenters. The zero-order valence-corrected chi connectivity index (χ0v) is 11.4. The maximum atomic E-state index is 4.43. The van der Waals surface area contributed by atoms with Crippen LogP contribution < -0.4 is 10.2 Å². The number of rotatable bonds is 6. The van der Waals surface area contributed by atoms with E-state index in [1.54, 1.807) is 6.20 Å². The molecule has 0 saturated carbocycles. The summed E-state index contributed by atoms with van der Waals surface area (Å²) in [4.78, 5) is 13.1. The molecule has 1 fully saturated rings. The van der Waals surface area contributed by atoms with Gasteiger partial charge >= 0.3 is 0 Å². The summed E-state index contributed by atoms with van der Waals surface area (Å²) >= 11 is 0. The lowest BCUT2D eigenvalue weighted by Gasteiger charge is -2.15. The molecule has 0 spiro atoms. The lowest BCUT2D eigenvalue weighted by molar-refractivity contribution is 0.337. The minimum atomic E-state index is 0.750. The van der Waals surface area contributed by atoms with Crippen molar-refractivity contribution in [2.24, 2.45) is 0 Å². The molecule has 1 aliphatic heterocycles. The van der Waals surface area contributed by atoms with Crippen LogP contribution in [0.15, 0.2) is 12.3 Å². The van der Waals surface area contributed by atoms with E-state index in [1.165, 1.54) is 38.9 Å². The Morgan fingerprint density at radius 3 is 2.83 bits per heavy atom. The fourth-order valence-corrected chi connectivity index (χ4v) is 2.19. The lowest BCUT2D eigenvalue weighted by atomic mass is 10.4. The van der Waals surface area contributed by atoms with Gasteiger partial charge < -0.3 is 15.1 Å². The van der Waals surface area contributed by atoms with E-state index in [0.717, 1.165) is 18.3 Å². The third-order valence-electron chi connectivity index (χ3n) is 3.20. The highest BCUT2D eigenvalue weighted by Gasteiger charge is 2.10. The Hall–Kier alpha value is -1.36. The Morgan fingerprint density at radius 1 is 1.33 bits per heavy atom. The average Bonchev–Trinajstić information content (AvgIpc) is 2.88. The molecule has 0 bridgehead atoms. The van der Waals surface area contributed by atoms with Crippen LogP contribution in [0.1, 0.15) is 19.3 Å². The zero-order chi connectivity index (χ0) is 12.8. The predicted molar refractivity (Wildman–Crippen MR) is 75.1 cm³/mol. The van der Waals surface area contributed by atoms with Gasteiger partial charge in [0.15, 0.2) is 0 Å². The van der Waals surface area contributed by atoms with Crippen LogP contribution in [0.3, 0.4) is 0 Å². The summed E-state index contributed by atoms with van der Waals surface area (Å²) in [7, 11) is 3.90. The van der Waals surface area contributed by atoms with Crippen LogP contribution in [0.25, 0.3) is 0 Å². The number of hydrogen-bond donors (Lipinski definition) is 1. The molecule has 2 rings (SSSR count). The van der Waals surface area contributed by atoms with Crippen molar-refractivity contribution in [1.29, 1.82) is 0 Å². The van der Waals surface area contributed by atoms with Gasteiger partial charge in [0, 0.05) is 26.8 Å². The van der Waals surface area contributed by atoms with Crippen molar-refractivity contribution in [1.82, 2.24) is 14.9 Å². The molecule has 0 unspecified atom stereocenters. The van der Waals surface area contributed by atoms with Gasteiger partial charge in [0.2, 0.25) is 5.95 Å². The van der Waals surface area contributed by atoms with E-state index in [1.807, 2.05) is 25.1 Å². The molecule has 1 saturated heterocycles. The average molecular weight is 249 g/mol. The lowest BCUT2D eigenvalue weighted by Crippen LogP contribution is -2.22. The first-order valence-electron chi connectivity index (χ1n) is 6.72. The van der Waals surface area contributed by atoms with Gasteiger partial charge in [-0.2, -0.15) is 4.98 Å². The highest BCUT2D eigenvalue weighted by Crippen LogP contribution is 2.09. The van der Waals surface area contributed by atoms with Crippen LogP contribution in [0.4, 0.5) is 11.8 Å². The van der Waals surface area contributed by atoms with Gasteiger partial charge in [-0.1, -0.05) is 0 Å². The van der Waals surface area contributed by atoms with Crippen molar-refractivity contribution >= 4 is 11.8 Å². The van der Waals surface area contributed by atoms with E-state index in [9.17, 15) is 0 Å². The van der Waals surface area contributed by atoms with Crippen LogP contribution in [-0.2, 0) is 0 Å². The van der Waals surface area contributed by atoms with Gasteiger partial charge in [0.05, 0.1) is 0 Å². The second-order valence-electron chi connectivity index (χ2n) is 4.97. The Morgan fingerprint density at radius 2 is 2.11 bits per heavy atom. The van der Waals surface area contributed by atoms with Crippen LogP contribution in [0.2, 0.25) is 0 Å². The molecule has 1 N–H and O–H groups in total. The highest BCUT2D eigenvalue weighted by molar-refractivity contribution is 5.40. The fraction of sp³-hybridized carbons (Fsp3) is 0.692. The van der Waals surface area contributed by atoms with Gasteiger partial charge in [-0.3, -0.25) is 0 Å². The van der Waals surface area contributed by atoms with Crippen molar-refractivity contribution in [3.05, 3.63) is 12.3 Å². The summed E-state index contributed by atoms with van der Waals surface area (Å²) in [6.07, 6.45) is 5.70. The predicted octanol–water partition coefficient (Wildman–Crippen LogP) is 1.44. The molecule has 0 aromatic carbocycles. The fourth-order valence-electron chi connectivity index (χ4n) is 2.19. The molecule has 0 radical (unpaired) electrons. The van der Waals surface area contributed by atoms with Crippen molar-refractivity contribution in [2.45, 2.75) is 19.3 Å². The number of nitrogens with one attached hydrogen (secondary N) is 1. The molecule has 0 amide bonds. The Balaban J connectivity index is 1.70. The Labute approximate surface area is 109 Å². The van der Waals surface area contributed by atoms with Crippen LogP contribution in [0.5, 0.6) is 0 Å². The number of likely N-dealkylation sites (tertiary alicyclic amines) is 1. The smallest absolute Gasteiger partial charge is 0.226 e. The normalized spacial score (nSPS) is 15.9. The molecular formula is C13H23N5. The van der Waals surface area contributed by atoms with E-state index in [-0.39, 0.29) is 0 Å². The SMILES string of the molecule is CN(C)c1nccc(NCCCN2CCCC2)n1. The van der Waals surface area contributed by atoms with E-state index >= 15 is 0 Å². The number of hydrogen-bond acceptors (Lipinski definition) is 5. The zero-order valence-electron chi connectivity index (χ0n) is 11.4. The highest BCUT2D eigenvalue weighted by atomic mass is 15.2. The third kappa shape index (κ3) is 3.84. The largest absolute Gasteiger partial charge is 0.370 e. The van der Waals surface area contributed by atoms with Crippen molar-refractivity contribution in [3.8, 4) is 0 Å². The Kier molecular flexibility index (Phi) is 4.75. The summed E-state index contributed by atoms with van der Waals surface area (Å²) in [6.45, 7) is 4.72. The first-order chi connectivity index (χ1) is 8.75. The molecule has 5 heteroatoms. The monoisotopic (exact) mass is 249 g/mol. The second-order valence-corrected chi connectivity index (χ2v) is 4.97. The van der Waals surface area contributed by atoms with E-state index < -0.39 is 0 Å². The second kappa shape index (κ2) is 6.54. The molecule has 18 heavy (non-hydrogen) atoms. The van der Waals surface area contributed by atoms with Crippen molar-refractivity contribution < 1.29 is 0 Å². The Bertz CT molecular complexity index is 360.